The molecule has 0 aliphatic heterocycles. The van der Waals surface area contributed by atoms with Crippen LogP contribution in [0.3, 0.4) is 0 Å². The maximum absolute atomic E-state index is 6.14. The number of methoxy groups -OCH3 is 1. The van der Waals surface area contributed by atoms with Crippen LogP contribution in [0, 0.1) is 0 Å². The van der Waals surface area contributed by atoms with Gasteiger partial charge in [-0.2, -0.15) is 0 Å². The van der Waals surface area contributed by atoms with Gasteiger partial charge in [-0.3, -0.25) is 0 Å². The van der Waals surface area contributed by atoms with Gasteiger partial charge >= 0.3 is 128 Å². The van der Waals surface area contributed by atoms with Crippen molar-refractivity contribution in [3.63, 3.8) is 0 Å². The average Bonchev–Trinajstić information content (AvgIpc) is 2.91. The van der Waals surface area contributed by atoms with E-state index in [1.165, 1.54) is 9.44 Å². The molecule has 0 N–H and O–H groups in total. The summed E-state index contributed by atoms with van der Waals surface area (Å²) in [7, 11) is 1.69. The molecule has 0 radical (unpaired) electrons. The Morgan fingerprint density at radius 3 is 2.23 bits per heavy atom. The van der Waals surface area contributed by atoms with Crippen molar-refractivity contribution in [2.75, 3.05) is 7.11 Å². The third kappa shape index (κ3) is 5.59. The topological polar surface area (TPSA) is 18.5 Å². The number of hydrogen-bond donors (Lipinski definition) is 0. The molecule has 0 bridgehead atoms. The standard InChI is InChI=1S/C11H16O2.C5H5.CH2.2ClH.Ti/c1-11(2,3)8-5-9(12)7-10(6-8)13-4;1-2-4-5-3-1;;;;/h5-7,12H,1-4H3;1-3H,4H2;1H2;2*1H;/q;;;;;+1/p-1. The van der Waals surface area contributed by atoms with E-state index in [1.54, 1.807) is 7.11 Å². The van der Waals surface area contributed by atoms with Crippen molar-refractivity contribution in [3.8, 4) is 11.5 Å². The normalized spacial score (nSPS) is 12.8. The van der Waals surface area contributed by atoms with Gasteiger partial charge in [-0.1, -0.05) is 0 Å². The molecule has 122 valence electrons. The number of benzene rings is 1. The van der Waals surface area contributed by atoms with E-state index in [4.69, 9.17) is 8.06 Å². The van der Waals surface area contributed by atoms with Crippen molar-refractivity contribution in [3.05, 3.63) is 45.9 Å². The number of halogens is 2. The third-order valence-electron chi connectivity index (χ3n) is 3.35. The molecule has 0 saturated heterocycles. The van der Waals surface area contributed by atoms with E-state index in [2.05, 4.69) is 55.9 Å². The van der Waals surface area contributed by atoms with Gasteiger partial charge in [0.2, 0.25) is 0 Å². The predicted octanol–water partition coefficient (Wildman–Crippen LogP) is 5.02. The summed E-state index contributed by atoms with van der Waals surface area (Å²) in [6.45, 7) is 6.57. The summed E-state index contributed by atoms with van der Waals surface area (Å²) >= 11 is -1.88. The van der Waals surface area contributed by atoms with Gasteiger partial charge in [0.05, 0.1) is 0 Å². The molecule has 1 aliphatic carbocycles. The first kappa shape index (κ1) is 21.5. The van der Waals surface area contributed by atoms with E-state index in [0.29, 0.717) is 0 Å². The minimum absolute atomic E-state index is 0. The molecule has 0 fully saturated rings. The average molecular weight is 379 g/mol. The Labute approximate surface area is 152 Å². The van der Waals surface area contributed by atoms with E-state index in [9.17, 15) is 0 Å². The molecule has 2 nitrogen and oxygen atoms in total. The van der Waals surface area contributed by atoms with Gasteiger partial charge in [0.25, 0.3) is 0 Å². The van der Waals surface area contributed by atoms with Gasteiger partial charge in [0.15, 0.2) is 0 Å². The first-order chi connectivity index (χ1) is 9.40. The van der Waals surface area contributed by atoms with Gasteiger partial charge in [0, 0.05) is 0 Å². The molecule has 0 aromatic heterocycles. The summed E-state index contributed by atoms with van der Waals surface area (Å²) in [6, 6.07) is 6.14. The van der Waals surface area contributed by atoms with Gasteiger partial charge < -0.3 is 0 Å². The molecule has 5 heteroatoms. The maximum atomic E-state index is 6.14. The fourth-order valence-electron chi connectivity index (χ4n) is 2.04. The van der Waals surface area contributed by atoms with Crippen molar-refractivity contribution < 1.29 is 25.9 Å². The van der Waals surface area contributed by atoms with Gasteiger partial charge in [-0.25, -0.2) is 0 Å². The molecule has 1 aromatic carbocycles. The first-order valence-corrected chi connectivity index (χ1v) is 9.35. The number of hydrogen-bond acceptors (Lipinski definition) is 2. The zero-order chi connectivity index (χ0) is 14.8. The van der Waals surface area contributed by atoms with E-state index in [1.807, 2.05) is 6.07 Å². The molecule has 1 aromatic rings. The van der Waals surface area contributed by atoms with Crippen molar-refractivity contribution in [1.82, 2.24) is 0 Å². The molecule has 0 amide bonds. The second kappa shape index (κ2) is 8.93. The van der Waals surface area contributed by atoms with Crippen LogP contribution >= 0.6 is 24.8 Å². The molecule has 0 unspecified atom stereocenters. The molecule has 22 heavy (non-hydrogen) atoms. The summed E-state index contributed by atoms with van der Waals surface area (Å²) in [5, 5.41) is 0. The Kier molecular flexibility index (Phi) is 8.71. The van der Waals surface area contributed by atoms with Crippen LogP contribution in [-0.2, 0) is 23.2 Å². The van der Waals surface area contributed by atoms with E-state index >= 15 is 0 Å². The second-order valence-electron chi connectivity index (χ2n) is 6.00. The first-order valence-electron chi connectivity index (χ1n) is 6.82. The molecule has 0 atom stereocenters. The number of allylic oxidation sites excluding steroid dienone is 4. The van der Waals surface area contributed by atoms with Crippen LogP contribution in [-0.4, -0.2) is 11.9 Å². The van der Waals surface area contributed by atoms with Crippen LogP contribution in [0.5, 0.6) is 11.5 Å². The molecular formula is C17H24Cl2O2Ti. The van der Waals surface area contributed by atoms with Gasteiger partial charge in [0.1, 0.15) is 0 Å². The fraction of sp³-hybridized carbons (Fsp3) is 0.353. The van der Waals surface area contributed by atoms with Gasteiger partial charge in [-0.15, -0.1) is 24.8 Å². The zero-order valence-corrected chi connectivity index (χ0v) is 16.7. The summed E-state index contributed by atoms with van der Waals surface area (Å²) in [5.74, 6) is 1.73. The molecule has 0 saturated carbocycles. The summed E-state index contributed by atoms with van der Waals surface area (Å²) in [4.78, 5) is 4.26. The molecule has 1 aliphatic rings. The van der Waals surface area contributed by atoms with Crippen LogP contribution in [0.25, 0.3) is 0 Å². The number of rotatable bonds is 4. The van der Waals surface area contributed by atoms with E-state index in [-0.39, 0.29) is 30.2 Å². The van der Waals surface area contributed by atoms with E-state index in [0.717, 1.165) is 17.9 Å². The monoisotopic (exact) mass is 378 g/mol. The van der Waals surface area contributed by atoms with E-state index < -0.39 is 17.8 Å². The minimum atomic E-state index is -1.88. The Hall–Kier alpha value is -0.536. The fourth-order valence-corrected chi connectivity index (χ4v) is 3.86. The molecule has 0 spiro atoms. The van der Waals surface area contributed by atoms with Crippen molar-refractivity contribution in [2.45, 2.75) is 32.6 Å². The summed E-state index contributed by atoms with van der Waals surface area (Å²) in [6.07, 6.45) is 7.38. The summed E-state index contributed by atoms with van der Waals surface area (Å²) < 4.78 is 12.9. The Bertz CT molecular complexity index is 587. The zero-order valence-electron chi connectivity index (χ0n) is 13.5. The Morgan fingerprint density at radius 2 is 1.73 bits per heavy atom. The molecule has 0 heterocycles. The quantitative estimate of drug-likeness (QED) is 0.684. The Morgan fingerprint density at radius 1 is 1.09 bits per heavy atom. The van der Waals surface area contributed by atoms with Crippen molar-refractivity contribution in [2.24, 2.45) is 0 Å². The van der Waals surface area contributed by atoms with Crippen LogP contribution in [0.1, 0.15) is 32.8 Å². The van der Waals surface area contributed by atoms with Crippen LogP contribution < -0.4 is 8.06 Å². The summed E-state index contributed by atoms with van der Waals surface area (Å²) in [5.41, 5.74) is 1.29. The molecule has 2 rings (SSSR count). The molecular weight excluding hydrogens is 355 g/mol. The van der Waals surface area contributed by atoms with Crippen LogP contribution in [0.4, 0.5) is 0 Å². The van der Waals surface area contributed by atoms with Crippen LogP contribution in [0.15, 0.2) is 40.3 Å². The third-order valence-corrected chi connectivity index (χ3v) is 5.80. The van der Waals surface area contributed by atoms with Gasteiger partial charge in [-0.05, 0) is 0 Å². The predicted molar refractivity (Wildman–Crippen MR) is 95.8 cm³/mol. The number of ether oxygens (including phenoxy) is 1. The van der Waals surface area contributed by atoms with Crippen molar-refractivity contribution >= 4 is 29.6 Å². The SMILES string of the molecule is Cl.Cl.[CH2]=[Ti]([O]c1cc(OC)cc(C(C)(C)C)c1)[C]1=CC=CC1. The van der Waals surface area contributed by atoms with Crippen LogP contribution in [0.2, 0.25) is 0 Å². The second-order valence-corrected chi connectivity index (χ2v) is 8.64. The van der Waals surface area contributed by atoms with Crippen molar-refractivity contribution in [1.29, 1.82) is 0 Å². The Balaban J connectivity index is 0.00000220.